The molecule has 34 heavy (non-hydrogen) atoms. The van der Waals surface area contributed by atoms with E-state index in [-0.39, 0.29) is 23.5 Å². The van der Waals surface area contributed by atoms with Crippen molar-refractivity contribution in [1.29, 1.82) is 0 Å². The van der Waals surface area contributed by atoms with Gasteiger partial charge in [0.15, 0.2) is 0 Å². The lowest BCUT2D eigenvalue weighted by Gasteiger charge is -2.41. The number of hydrogen-bond donors (Lipinski definition) is 3. The molecule has 2 aromatic rings. The third kappa shape index (κ3) is 4.87. The van der Waals surface area contributed by atoms with Gasteiger partial charge in [0, 0.05) is 43.0 Å². The fourth-order valence-electron chi connectivity index (χ4n) is 5.75. The number of nitrogens with one attached hydrogen (secondary N) is 2. The molecular weight excluding hydrogens is 471 g/mol. The monoisotopic (exact) mass is 502 g/mol. The molecule has 1 unspecified atom stereocenters. The molecule has 6 nitrogen and oxygen atoms in total. The molecule has 0 bridgehead atoms. The number of likely N-dealkylation sites (tertiary alicyclic amines) is 2. The van der Waals surface area contributed by atoms with E-state index in [1.165, 1.54) is 11.3 Å². The van der Waals surface area contributed by atoms with Crippen molar-refractivity contribution in [2.75, 3.05) is 49.9 Å². The molecule has 5 rings (SSSR count). The van der Waals surface area contributed by atoms with Crippen LogP contribution < -0.4 is 10.6 Å². The number of fused-ring (bicyclic) bond motifs is 2. The molecule has 1 atom stereocenters. The largest absolute Gasteiger partial charge is 0.392 e. The van der Waals surface area contributed by atoms with E-state index in [1.54, 1.807) is 23.1 Å². The summed E-state index contributed by atoms with van der Waals surface area (Å²) in [6, 6.07) is 13.6. The van der Waals surface area contributed by atoms with Crippen molar-refractivity contribution in [2.24, 2.45) is 5.92 Å². The maximum atomic E-state index is 12.6. The second-order valence-corrected chi connectivity index (χ2v) is 10.7. The summed E-state index contributed by atoms with van der Waals surface area (Å²) in [5.74, 6) is 0.221. The van der Waals surface area contributed by atoms with E-state index >= 15 is 0 Å². The van der Waals surface area contributed by atoms with Gasteiger partial charge in [0.2, 0.25) is 0 Å². The number of β-amino-alcohol motifs (C(OH)–C–C–N with tert-alkyl or cyclic N) is 1. The van der Waals surface area contributed by atoms with Crippen LogP contribution in [0.25, 0.3) is 0 Å². The molecule has 8 heteroatoms. The predicted octanol–water partition coefficient (Wildman–Crippen LogP) is 5.06. The van der Waals surface area contributed by atoms with Gasteiger partial charge in [0.1, 0.15) is 0 Å². The van der Waals surface area contributed by atoms with E-state index in [9.17, 15) is 9.90 Å². The van der Waals surface area contributed by atoms with Crippen LogP contribution in [0.5, 0.6) is 0 Å². The highest BCUT2D eigenvalue weighted by Crippen LogP contribution is 2.43. The van der Waals surface area contributed by atoms with Gasteiger partial charge in [-0.15, -0.1) is 0 Å². The van der Waals surface area contributed by atoms with Crippen LogP contribution in [-0.4, -0.2) is 66.3 Å². The predicted molar refractivity (Wildman–Crippen MR) is 138 cm³/mol. The highest BCUT2D eigenvalue weighted by Gasteiger charge is 2.41. The van der Waals surface area contributed by atoms with Crippen LogP contribution in [0.15, 0.2) is 42.5 Å². The second kappa shape index (κ2) is 9.94. The van der Waals surface area contributed by atoms with Gasteiger partial charge in [0.25, 0.3) is 0 Å². The number of carbonyl (C=O) groups excluding carboxylic acids is 1. The molecule has 0 saturated carbocycles. The standard InChI is InChI=1S/C26H32Cl2N4O2/c27-21-6-5-19(15-22(21)28)30-25(34)32-11-7-18(8-12-32)24(33)16-31-13-9-26(10-14-31)17-29-23-4-2-1-3-20(23)26/h1-6,15,18,24,29,33H,7-14,16-17H2,(H,30,34). The molecule has 2 amide bonds. The van der Waals surface area contributed by atoms with Gasteiger partial charge in [-0.3, -0.25) is 0 Å². The maximum Gasteiger partial charge on any atom is 0.321 e. The minimum absolute atomic E-state index is 0.141. The van der Waals surface area contributed by atoms with Crippen molar-refractivity contribution in [3.8, 4) is 0 Å². The summed E-state index contributed by atoms with van der Waals surface area (Å²) in [4.78, 5) is 16.9. The Balaban J connectivity index is 1.08. The van der Waals surface area contributed by atoms with Crippen LogP contribution in [0.2, 0.25) is 10.0 Å². The Kier molecular flexibility index (Phi) is 6.94. The van der Waals surface area contributed by atoms with Gasteiger partial charge in [0.05, 0.1) is 16.1 Å². The number of piperidine rings is 2. The summed E-state index contributed by atoms with van der Waals surface area (Å²) in [5.41, 5.74) is 3.61. The summed E-state index contributed by atoms with van der Waals surface area (Å²) in [7, 11) is 0. The summed E-state index contributed by atoms with van der Waals surface area (Å²) in [6.45, 7) is 5.04. The number of aliphatic hydroxyl groups is 1. The molecule has 2 fully saturated rings. The van der Waals surface area contributed by atoms with E-state index < -0.39 is 0 Å². The normalized spacial score (nSPS) is 21.2. The van der Waals surface area contributed by atoms with Crippen LogP contribution in [0, 0.1) is 5.92 Å². The molecule has 3 N–H and O–H groups in total. The number of aliphatic hydroxyl groups excluding tert-OH is 1. The maximum absolute atomic E-state index is 12.6. The number of hydrogen-bond acceptors (Lipinski definition) is 4. The summed E-state index contributed by atoms with van der Waals surface area (Å²) < 4.78 is 0. The molecule has 182 valence electrons. The van der Waals surface area contributed by atoms with Crippen molar-refractivity contribution >= 4 is 40.6 Å². The second-order valence-electron chi connectivity index (χ2n) is 9.93. The first-order valence-electron chi connectivity index (χ1n) is 12.2. The zero-order chi connectivity index (χ0) is 23.7. The minimum Gasteiger partial charge on any atom is -0.392 e. The number of carbonyl (C=O) groups is 1. The SMILES string of the molecule is O=C(Nc1ccc(Cl)c(Cl)c1)N1CCC(C(O)CN2CCC3(CC2)CNc2ccccc23)CC1. The van der Waals surface area contributed by atoms with Crippen molar-refractivity contribution in [3.05, 3.63) is 58.1 Å². The zero-order valence-electron chi connectivity index (χ0n) is 19.3. The summed E-state index contributed by atoms with van der Waals surface area (Å²) >= 11 is 12.0. The first kappa shape index (κ1) is 23.7. The number of benzene rings is 2. The fraction of sp³-hybridized carbons (Fsp3) is 0.500. The molecule has 2 aromatic carbocycles. The number of halogens is 2. The molecule has 3 heterocycles. The van der Waals surface area contributed by atoms with Gasteiger partial charge >= 0.3 is 6.03 Å². The summed E-state index contributed by atoms with van der Waals surface area (Å²) in [5, 5.41) is 18.3. The first-order valence-corrected chi connectivity index (χ1v) is 12.9. The Morgan fingerprint density at radius 2 is 1.82 bits per heavy atom. The topological polar surface area (TPSA) is 67.8 Å². The van der Waals surface area contributed by atoms with Crippen LogP contribution in [-0.2, 0) is 5.41 Å². The Bertz CT molecular complexity index is 1030. The molecule has 3 aliphatic heterocycles. The Morgan fingerprint density at radius 3 is 2.56 bits per heavy atom. The smallest absolute Gasteiger partial charge is 0.321 e. The van der Waals surface area contributed by atoms with Crippen molar-refractivity contribution in [3.63, 3.8) is 0 Å². The van der Waals surface area contributed by atoms with Gasteiger partial charge in [-0.05, 0) is 74.5 Å². The van der Waals surface area contributed by atoms with Gasteiger partial charge in [-0.2, -0.15) is 0 Å². The van der Waals surface area contributed by atoms with Crippen molar-refractivity contribution in [1.82, 2.24) is 9.80 Å². The highest BCUT2D eigenvalue weighted by molar-refractivity contribution is 6.42. The molecular formula is C26H32Cl2N4O2. The van der Waals surface area contributed by atoms with Crippen LogP contribution in [0.4, 0.5) is 16.2 Å². The van der Waals surface area contributed by atoms with Crippen molar-refractivity contribution in [2.45, 2.75) is 37.2 Å². The number of nitrogens with zero attached hydrogens (tertiary/aromatic N) is 2. The first-order chi connectivity index (χ1) is 16.4. The average Bonchev–Trinajstić information content (AvgIpc) is 3.21. The van der Waals surface area contributed by atoms with Gasteiger partial charge in [-0.25, -0.2) is 4.79 Å². The fourth-order valence-corrected chi connectivity index (χ4v) is 6.04. The highest BCUT2D eigenvalue weighted by atomic mass is 35.5. The average molecular weight is 503 g/mol. The molecule has 2 saturated heterocycles. The number of urea groups is 1. The number of rotatable bonds is 4. The van der Waals surface area contributed by atoms with Gasteiger partial charge < -0.3 is 25.5 Å². The minimum atomic E-state index is -0.358. The quantitative estimate of drug-likeness (QED) is 0.546. The lowest BCUT2D eigenvalue weighted by molar-refractivity contribution is 0.0266. The lowest BCUT2D eigenvalue weighted by atomic mass is 9.74. The Morgan fingerprint density at radius 1 is 1.09 bits per heavy atom. The van der Waals surface area contributed by atoms with E-state index in [1.807, 2.05) is 0 Å². The molecule has 3 aliphatic rings. The van der Waals surface area contributed by atoms with Crippen LogP contribution >= 0.6 is 23.2 Å². The number of para-hydroxylation sites is 1. The zero-order valence-corrected chi connectivity index (χ0v) is 20.8. The van der Waals surface area contributed by atoms with Crippen molar-refractivity contribution < 1.29 is 9.90 Å². The molecule has 1 spiro atoms. The lowest BCUT2D eigenvalue weighted by Crippen LogP contribution is -2.49. The number of anilines is 2. The molecule has 0 aromatic heterocycles. The molecule has 0 aliphatic carbocycles. The van der Waals surface area contributed by atoms with E-state index in [2.05, 4.69) is 39.8 Å². The van der Waals surface area contributed by atoms with E-state index in [4.69, 9.17) is 23.2 Å². The number of amides is 2. The van der Waals surface area contributed by atoms with E-state index in [0.717, 1.165) is 45.3 Å². The Labute approximate surface area is 211 Å². The van der Waals surface area contributed by atoms with Crippen LogP contribution in [0.1, 0.15) is 31.2 Å². The van der Waals surface area contributed by atoms with Crippen LogP contribution in [0.3, 0.4) is 0 Å². The Hall–Kier alpha value is -1.99. The molecule has 0 radical (unpaired) electrons. The third-order valence-corrected chi connectivity index (χ3v) is 8.65. The summed E-state index contributed by atoms with van der Waals surface area (Å²) in [6.07, 6.45) is 3.51. The van der Waals surface area contributed by atoms with E-state index in [0.29, 0.717) is 35.4 Å². The third-order valence-electron chi connectivity index (χ3n) is 7.92. The van der Waals surface area contributed by atoms with Gasteiger partial charge in [-0.1, -0.05) is 41.4 Å².